The number of ketones is 1. The smallest absolute Gasteiger partial charge is 0.132 e. The Morgan fingerprint density at radius 2 is 1.45 bits per heavy atom. The van der Waals surface area contributed by atoms with E-state index < -0.39 is 7.34 Å². The molecule has 0 saturated heterocycles. The molecule has 0 bridgehead atoms. The van der Waals surface area contributed by atoms with E-state index in [9.17, 15) is 9.69 Å². The van der Waals surface area contributed by atoms with E-state index in [2.05, 4.69) is 13.2 Å². The molecular formula is C23H49N2O3P. The summed E-state index contributed by atoms with van der Waals surface area (Å²) in [5.74, 6) is 0.287. The van der Waals surface area contributed by atoms with E-state index in [1.54, 1.807) is 0 Å². The summed E-state index contributed by atoms with van der Waals surface area (Å²) in [4.78, 5) is 22.1. The minimum Gasteiger partial charge on any atom is -0.353 e. The molecule has 29 heavy (non-hydrogen) atoms. The highest BCUT2D eigenvalue weighted by Crippen LogP contribution is 2.41. The highest BCUT2D eigenvalue weighted by atomic mass is 31.2. The molecule has 0 saturated carbocycles. The van der Waals surface area contributed by atoms with E-state index in [4.69, 9.17) is 16.0 Å². The fourth-order valence-corrected chi connectivity index (χ4v) is 4.63. The summed E-state index contributed by atoms with van der Waals surface area (Å²) in [5, 5.41) is 0. The second kappa shape index (κ2) is 19.8. The number of carbonyl (C=O) groups excluding carboxylic acids is 1. The molecular weight excluding hydrogens is 383 g/mol. The predicted molar refractivity (Wildman–Crippen MR) is 129 cm³/mol. The summed E-state index contributed by atoms with van der Waals surface area (Å²) in [5.41, 5.74) is 11.4. The van der Waals surface area contributed by atoms with Crippen LogP contribution in [0.3, 0.4) is 0 Å². The van der Waals surface area contributed by atoms with Gasteiger partial charge in [-0.25, -0.2) is 0 Å². The van der Waals surface area contributed by atoms with Crippen molar-refractivity contribution < 1.29 is 14.2 Å². The lowest BCUT2D eigenvalue weighted by Crippen LogP contribution is -2.26. The standard InChI is InChI=1S/C23H49N2O3P/c1-3-4-5-6-7-8-9-10-11-12-13-14-16-23(26)18-17-22(25)21-28-29(2,27)20-15-19-24/h22,27H,2-21,24-25H2,1H3/t22-,29?/m0/s1. The highest BCUT2D eigenvalue weighted by Gasteiger charge is 2.14. The zero-order valence-electron chi connectivity index (χ0n) is 19.1. The van der Waals surface area contributed by atoms with E-state index in [1.807, 2.05) is 0 Å². The van der Waals surface area contributed by atoms with Gasteiger partial charge in [-0.2, -0.15) is 0 Å². The maximum absolute atomic E-state index is 12.0. The van der Waals surface area contributed by atoms with Crippen LogP contribution in [0.2, 0.25) is 0 Å². The highest BCUT2D eigenvalue weighted by molar-refractivity contribution is 7.63. The average molecular weight is 433 g/mol. The number of carbonyl (C=O) groups is 1. The SMILES string of the molecule is C=P(O)(CCCN)OC[C@@H](N)CCC(=O)CCCCCCCCCCCCCC. The van der Waals surface area contributed by atoms with E-state index in [-0.39, 0.29) is 18.4 Å². The fourth-order valence-electron chi connectivity index (χ4n) is 3.36. The molecule has 0 rings (SSSR count). The van der Waals surface area contributed by atoms with Gasteiger partial charge in [-0.1, -0.05) is 83.9 Å². The molecule has 0 fully saturated rings. The second-order valence-corrected chi connectivity index (χ2v) is 10.9. The zero-order chi connectivity index (χ0) is 21.8. The Labute approximate surface area is 180 Å². The monoisotopic (exact) mass is 432 g/mol. The molecule has 2 atom stereocenters. The maximum Gasteiger partial charge on any atom is 0.132 e. The Kier molecular flexibility index (Phi) is 19.6. The van der Waals surface area contributed by atoms with E-state index in [0.29, 0.717) is 38.4 Å². The third-order valence-corrected chi connectivity index (χ3v) is 6.99. The van der Waals surface area contributed by atoms with Gasteiger partial charge in [0.25, 0.3) is 0 Å². The quantitative estimate of drug-likeness (QED) is 0.157. The number of unbranched alkanes of at least 4 members (excludes halogenated alkanes) is 11. The summed E-state index contributed by atoms with van der Waals surface area (Å²) in [7, 11) is -2.60. The van der Waals surface area contributed by atoms with Crippen LogP contribution in [0.1, 0.15) is 110 Å². The summed E-state index contributed by atoms with van der Waals surface area (Å²) in [6.45, 7) is 3.03. The van der Waals surface area contributed by atoms with Gasteiger partial charge >= 0.3 is 0 Å². The molecule has 6 heteroatoms. The zero-order valence-corrected chi connectivity index (χ0v) is 20.0. The largest absolute Gasteiger partial charge is 0.353 e. The lowest BCUT2D eigenvalue weighted by Gasteiger charge is -2.20. The minimum atomic E-state index is -2.60. The van der Waals surface area contributed by atoms with Crippen molar-refractivity contribution in [3.8, 4) is 0 Å². The molecule has 0 heterocycles. The molecule has 174 valence electrons. The van der Waals surface area contributed by atoms with E-state index >= 15 is 0 Å². The molecule has 0 spiro atoms. The molecule has 1 unspecified atom stereocenters. The average Bonchev–Trinajstić information content (AvgIpc) is 2.70. The Balaban J connectivity index is 3.48. The summed E-state index contributed by atoms with van der Waals surface area (Å²) in [6, 6.07) is -0.230. The van der Waals surface area contributed by atoms with Crippen LogP contribution in [0.4, 0.5) is 0 Å². The molecule has 5 N–H and O–H groups in total. The van der Waals surface area contributed by atoms with Crippen LogP contribution in [-0.4, -0.2) is 42.3 Å². The Bertz CT molecular complexity index is 432. The lowest BCUT2D eigenvalue weighted by atomic mass is 10.0. The van der Waals surface area contributed by atoms with Gasteiger partial charge in [-0.15, -0.1) is 0 Å². The van der Waals surface area contributed by atoms with Crippen molar-refractivity contribution in [3.63, 3.8) is 0 Å². The van der Waals surface area contributed by atoms with Gasteiger partial charge in [0, 0.05) is 25.0 Å². The first-order valence-corrected chi connectivity index (χ1v) is 14.0. The van der Waals surface area contributed by atoms with E-state index in [0.717, 1.165) is 12.8 Å². The van der Waals surface area contributed by atoms with Gasteiger partial charge < -0.3 is 20.9 Å². The van der Waals surface area contributed by atoms with Crippen LogP contribution in [0.5, 0.6) is 0 Å². The first-order valence-electron chi connectivity index (χ1n) is 12.0. The van der Waals surface area contributed by atoms with Crippen molar-refractivity contribution >= 4 is 19.4 Å². The predicted octanol–water partition coefficient (Wildman–Crippen LogP) is 5.39. The minimum absolute atomic E-state index is 0.230. The molecule has 0 aromatic heterocycles. The Morgan fingerprint density at radius 1 is 0.931 bits per heavy atom. The maximum atomic E-state index is 12.0. The van der Waals surface area contributed by atoms with Crippen molar-refractivity contribution in [1.29, 1.82) is 0 Å². The van der Waals surface area contributed by atoms with Crippen molar-refractivity contribution in [2.24, 2.45) is 11.5 Å². The summed E-state index contributed by atoms with van der Waals surface area (Å²) >= 11 is 0. The molecule has 0 aromatic carbocycles. The molecule has 0 aliphatic rings. The van der Waals surface area contributed by atoms with Gasteiger partial charge in [-0.05, 0) is 25.8 Å². The van der Waals surface area contributed by atoms with Gasteiger partial charge in [0.1, 0.15) is 13.1 Å². The lowest BCUT2D eigenvalue weighted by molar-refractivity contribution is -0.119. The fraction of sp³-hybridized carbons (Fsp3) is 0.913. The molecule has 0 aromatic rings. The van der Waals surface area contributed by atoms with Crippen LogP contribution >= 0.6 is 7.34 Å². The number of rotatable bonds is 22. The topological polar surface area (TPSA) is 98.6 Å². The number of hydrogen-bond donors (Lipinski definition) is 3. The molecule has 0 aliphatic heterocycles. The Morgan fingerprint density at radius 3 is 1.97 bits per heavy atom. The van der Waals surface area contributed by atoms with Crippen molar-refractivity contribution in [3.05, 3.63) is 0 Å². The van der Waals surface area contributed by atoms with Crippen LogP contribution < -0.4 is 11.5 Å². The third kappa shape index (κ3) is 20.8. The molecule has 0 amide bonds. The van der Waals surface area contributed by atoms with Crippen molar-refractivity contribution in [2.75, 3.05) is 19.3 Å². The number of nitrogens with two attached hydrogens (primary N) is 2. The van der Waals surface area contributed by atoms with E-state index in [1.165, 1.54) is 64.2 Å². The second-order valence-electron chi connectivity index (χ2n) is 8.48. The number of hydrogen-bond acceptors (Lipinski definition) is 5. The van der Waals surface area contributed by atoms with Crippen molar-refractivity contribution in [2.45, 2.75) is 116 Å². The first kappa shape index (κ1) is 28.8. The molecule has 0 radical (unpaired) electrons. The third-order valence-electron chi connectivity index (χ3n) is 5.34. The van der Waals surface area contributed by atoms with Crippen molar-refractivity contribution in [1.82, 2.24) is 0 Å². The Hall–Kier alpha value is -0.190. The molecule has 0 aliphatic carbocycles. The van der Waals surface area contributed by atoms with Gasteiger partial charge in [0.05, 0.1) is 6.61 Å². The first-order chi connectivity index (χ1) is 13.9. The van der Waals surface area contributed by atoms with Crippen LogP contribution in [-0.2, 0) is 9.32 Å². The van der Waals surface area contributed by atoms with Crippen LogP contribution in [0.15, 0.2) is 0 Å². The van der Waals surface area contributed by atoms with Gasteiger partial charge in [0.2, 0.25) is 0 Å². The van der Waals surface area contributed by atoms with Crippen LogP contribution in [0.25, 0.3) is 0 Å². The normalized spacial score (nSPS) is 14.6. The van der Waals surface area contributed by atoms with Gasteiger partial charge in [-0.3, -0.25) is 4.79 Å². The molecule has 5 nitrogen and oxygen atoms in total. The summed E-state index contributed by atoms with van der Waals surface area (Å²) < 4.78 is 5.47. The van der Waals surface area contributed by atoms with Gasteiger partial charge in [0.15, 0.2) is 0 Å². The number of Topliss-reactive ketones (excluding diaryl/α,β-unsaturated/α-hetero) is 1. The van der Waals surface area contributed by atoms with Crippen LogP contribution in [0, 0.1) is 0 Å². The summed E-state index contributed by atoms with van der Waals surface area (Å²) in [6.07, 6.45) is 22.4.